The summed E-state index contributed by atoms with van der Waals surface area (Å²) in [6.45, 7) is 8.24. The van der Waals surface area contributed by atoms with Crippen molar-refractivity contribution in [1.82, 2.24) is 9.21 Å². The molecule has 3 rings (SSSR count). The standard InChI is InChI=1S/C22H38N2O7S/c1-21(2,3)31-20(26)23-11-5-17(6-12-23)18-7-13-24(14-8-18)32(27,28)22(19(25)29-4)9-15-30-16-10-22/h17-18H,5-16H2,1-4H3. The van der Waals surface area contributed by atoms with E-state index in [1.807, 2.05) is 20.8 Å². The van der Waals surface area contributed by atoms with Crippen LogP contribution < -0.4 is 0 Å². The van der Waals surface area contributed by atoms with Crippen LogP contribution in [0.2, 0.25) is 0 Å². The highest BCUT2D eigenvalue weighted by atomic mass is 32.2. The number of piperidine rings is 2. The molecule has 3 aliphatic heterocycles. The molecule has 9 nitrogen and oxygen atoms in total. The van der Waals surface area contributed by atoms with E-state index in [-0.39, 0.29) is 32.1 Å². The van der Waals surface area contributed by atoms with Gasteiger partial charge in [0.1, 0.15) is 5.60 Å². The highest BCUT2D eigenvalue weighted by Crippen LogP contribution is 2.38. The number of hydrogen-bond acceptors (Lipinski definition) is 7. The van der Waals surface area contributed by atoms with Gasteiger partial charge in [-0.3, -0.25) is 4.79 Å². The highest BCUT2D eigenvalue weighted by molar-refractivity contribution is 7.91. The van der Waals surface area contributed by atoms with Gasteiger partial charge in [-0.15, -0.1) is 0 Å². The number of likely N-dealkylation sites (tertiary alicyclic amines) is 1. The minimum absolute atomic E-state index is 0.130. The van der Waals surface area contributed by atoms with Gasteiger partial charge in [-0.2, -0.15) is 0 Å². The van der Waals surface area contributed by atoms with Gasteiger partial charge >= 0.3 is 12.1 Å². The van der Waals surface area contributed by atoms with E-state index < -0.39 is 26.3 Å². The highest BCUT2D eigenvalue weighted by Gasteiger charge is 2.55. The van der Waals surface area contributed by atoms with Crippen molar-refractivity contribution in [2.45, 2.75) is 69.6 Å². The maximum absolute atomic E-state index is 13.5. The van der Waals surface area contributed by atoms with Gasteiger partial charge in [-0.1, -0.05) is 0 Å². The van der Waals surface area contributed by atoms with Crippen LogP contribution in [0.3, 0.4) is 0 Å². The zero-order valence-electron chi connectivity index (χ0n) is 19.8. The molecule has 0 radical (unpaired) electrons. The van der Waals surface area contributed by atoms with Crippen molar-refractivity contribution in [1.29, 1.82) is 0 Å². The van der Waals surface area contributed by atoms with Crippen molar-refractivity contribution in [3.63, 3.8) is 0 Å². The number of carbonyl (C=O) groups excluding carboxylic acids is 2. The zero-order valence-corrected chi connectivity index (χ0v) is 20.6. The summed E-state index contributed by atoms with van der Waals surface area (Å²) in [6.07, 6.45) is 3.34. The number of rotatable bonds is 4. The third-order valence-corrected chi connectivity index (χ3v) is 9.66. The van der Waals surface area contributed by atoms with E-state index in [0.717, 1.165) is 25.7 Å². The molecule has 3 aliphatic rings. The summed E-state index contributed by atoms with van der Waals surface area (Å²) < 4.78 is 42.6. The molecule has 0 N–H and O–H groups in total. The Hall–Kier alpha value is -1.39. The van der Waals surface area contributed by atoms with Crippen LogP contribution in [0.5, 0.6) is 0 Å². The van der Waals surface area contributed by atoms with Crippen molar-refractivity contribution < 1.29 is 32.2 Å². The van der Waals surface area contributed by atoms with Crippen LogP contribution in [0.25, 0.3) is 0 Å². The number of ether oxygens (including phenoxy) is 3. The van der Waals surface area contributed by atoms with Gasteiger partial charge in [0.2, 0.25) is 10.0 Å². The molecule has 0 saturated carbocycles. The summed E-state index contributed by atoms with van der Waals surface area (Å²) in [7, 11) is -2.60. The average molecular weight is 475 g/mol. The third kappa shape index (κ3) is 5.22. The molecule has 0 spiro atoms. The van der Waals surface area contributed by atoms with Crippen LogP contribution in [0.1, 0.15) is 59.3 Å². The fraction of sp³-hybridized carbons (Fsp3) is 0.909. The molecule has 0 bridgehead atoms. The molecule has 0 aromatic carbocycles. The topological polar surface area (TPSA) is 102 Å². The zero-order chi connectivity index (χ0) is 23.6. The van der Waals surface area contributed by atoms with Gasteiger partial charge in [0.15, 0.2) is 4.75 Å². The second-order valence-corrected chi connectivity index (χ2v) is 12.4. The summed E-state index contributed by atoms with van der Waals surface area (Å²) in [5, 5.41) is 0. The minimum atomic E-state index is -3.84. The fourth-order valence-corrected chi connectivity index (χ4v) is 7.33. The number of sulfonamides is 1. The minimum Gasteiger partial charge on any atom is -0.468 e. The lowest BCUT2D eigenvalue weighted by Gasteiger charge is -2.43. The first-order valence-electron chi connectivity index (χ1n) is 11.6. The molecule has 1 amide bonds. The average Bonchev–Trinajstić information content (AvgIpc) is 2.78. The number of methoxy groups -OCH3 is 1. The summed E-state index contributed by atoms with van der Waals surface area (Å²) in [6, 6.07) is 0. The molecule has 0 aliphatic carbocycles. The Morgan fingerprint density at radius 2 is 1.44 bits per heavy atom. The number of nitrogens with zero attached hydrogens (tertiary/aromatic N) is 2. The quantitative estimate of drug-likeness (QED) is 0.577. The van der Waals surface area contributed by atoms with Crippen molar-refractivity contribution in [3.8, 4) is 0 Å². The van der Waals surface area contributed by atoms with E-state index in [4.69, 9.17) is 14.2 Å². The molecule has 3 heterocycles. The van der Waals surface area contributed by atoms with Crippen LogP contribution in [0.4, 0.5) is 4.79 Å². The summed E-state index contributed by atoms with van der Waals surface area (Å²) in [5.74, 6) is 0.208. The smallest absolute Gasteiger partial charge is 0.410 e. The number of amides is 1. The predicted molar refractivity (Wildman–Crippen MR) is 119 cm³/mol. The number of carbonyl (C=O) groups is 2. The second-order valence-electron chi connectivity index (χ2n) is 10.1. The molecular weight excluding hydrogens is 436 g/mol. The van der Waals surface area contributed by atoms with Crippen LogP contribution in [-0.4, -0.2) is 86.5 Å². The molecule has 3 saturated heterocycles. The lowest BCUT2D eigenvalue weighted by molar-refractivity contribution is -0.146. The van der Waals surface area contributed by atoms with Gasteiger partial charge in [-0.25, -0.2) is 17.5 Å². The maximum Gasteiger partial charge on any atom is 0.410 e. The Kier molecular flexibility index (Phi) is 7.77. The van der Waals surface area contributed by atoms with E-state index in [0.29, 0.717) is 38.0 Å². The summed E-state index contributed by atoms with van der Waals surface area (Å²) >= 11 is 0. The maximum atomic E-state index is 13.5. The molecule has 0 atom stereocenters. The molecule has 32 heavy (non-hydrogen) atoms. The van der Waals surface area contributed by atoms with Crippen molar-refractivity contribution in [2.24, 2.45) is 11.8 Å². The van der Waals surface area contributed by atoms with Crippen molar-refractivity contribution in [2.75, 3.05) is 46.5 Å². The van der Waals surface area contributed by atoms with E-state index in [2.05, 4.69) is 0 Å². The summed E-state index contributed by atoms with van der Waals surface area (Å²) in [5.41, 5.74) is -0.502. The largest absolute Gasteiger partial charge is 0.468 e. The van der Waals surface area contributed by atoms with Gasteiger partial charge < -0.3 is 19.1 Å². The third-order valence-electron chi connectivity index (χ3n) is 7.05. The number of hydrogen-bond donors (Lipinski definition) is 0. The molecule has 0 aromatic rings. The normalized spacial score (nSPS) is 24.2. The van der Waals surface area contributed by atoms with Crippen molar-refractivity contribution in [3.05, 3.63) is 0 Å². The summed E-state index contributed by atoms with van der Waals surface area (Å²) in [4.78, 5) is 26.6. The number of esters is 1. The van der Waals surface area contributed by atoms with Crippen LogP contribution >= 0.6 is 0 Å². The van der Waals surface area contributed by atoms with E-state index in [9.17, 15) is 18.0 Å². The van der Waals surface area contributed by atoms with Crippen molar-refractivity contribution >= 4 is 22.1 Å². The van der Waals surface area contributed by atoms with Crippen LogP contribution in [0.15, 0.2) is 0 Å². The van der Waals surface area contributed by atoms with Crippen LogP contribution in [-0.2, 0) is 29.0 Å². The molecule has 10 heteroatoms. The molecular formula is C22H38N2O7S. The predicted octanol–water partition coefficient (Wildman–Crippen LogP) is 2.40. The fourth-order valence-electron chi connectivity index (χ4n) is 5.17. The van der Waals surface area contributed by atoms with E-state index in [1.54, 1.807) is 4.90 Å². The van der Waals surface area contributed by atoms with Gasteiger partial charge in [0.25, 0.3) is 0 Å². The Morgan fingerprint density at radius 1 is 0.938 bits per heavy atom. The first kappa shape index (κ1) is 25.2. The van der Waals surface area contributed by atoms with Gasteiger partial charge in [0.05, 0.1) is 7.11 Å². The van der Waals surface area contributed by atoms with E-state index >= 15 is 0 Å². The van der Waals surface area contributed by atoms with E-state index in [1.165, 1.54) is 11.4 Å². The second kappa shape index (κ2) is 9.85. The molecule has 0 aromatic heterocycles. The molecule has 184 valence electrons. The van der Waals surface area contributed by atoms with Crippen LogP contribution in [0, 0.1) is 11.8 Å². The first-order valence-corrected chi connectivity index (χ1v) is 13.1. The molecule has 0 unspecified atom stereocenters. The Bertz CT molecular complexity index is 771. The lowest BCUT2D eigenvalue weighted by Crippen LogP contribution is -2.58. The molecule has 3 fully saturated rings. The Morgan fingerprint density at radius 3 is 1.91 bits per heavy atom. The Balaban J connectivity index is 1.56. The monoisotopic (exact) mass is 474 g/mol. The van der Waals surface area contributed by atoms with Gasteiger partial charge in [-0.05, 0) is 58.3 Å². The SMILES string of the molecule is COC(=O)C1(S(=O)(=O)N2CCC(C3CCN(C(=O)OC(C)(C)C)CC3)CC2)CCOCC1. The van der Waals surface area contributed by atoms with Gasteiger partial charge in [0, 0.05) is 52.2 Å². The lowest BCUT2D eigenvalue weighted by atomic mass is 9.79. The first-order chi connectivity index (χ1) is 15.0. The Labute approximate surface area is 191 Å².